The molecule has 0 amide bonds. The number of nitrogens with one attached hydrogen (secondary N) is 1. The lowest BCUT2D eigenvalue weighted by Gasteiger charge is -2.26. The third-order valence-corrected chi connectivity index (χ3v) is 3.40. The van der Waals surface area contributed by atoms with Crippen molar-refractivity contribution in [3.63, 3.8) is 0 Å². The number of pyridine rings is 1. The van der Waals surface area contributed by atoms with Gasteiger partial charge in [-0.25, -0.2) is 4.98 Å². The summed E-state index contributed by atoms with van der Waals surface area (Å²) >= 11 is 0. The van der Waals surface area contributed by atoms with E-state index in [9.17, 15) is 0 Å². The number of nitrogens with zero attached hydrogens (tertiary/aromatic N) is 2. The predicted octanol–water partition coefficient (Wildman–Crippen LogP) is 2.98. The Hall–Kier alpha value is -1.09. The van der Waals surface area contributed by atoms with Gasteiger partial charge in [-0.15, -0.1) is 0 Å². The summed E-state index contributed by atoms with van der Waals surface area (Å²) in [7, 11) is 1.96. The molecule has 0 aliphatic carbocycles. The fourth-order valence-corrected chi connectivity index (χ4v) is 2.13. The minimum absolute atomic E-state index is 0.711. The summed E-state index contributed by atoms with van der Waals surface area (Å²) in [4.78, 5) is 7.02. The standard InChI is InChI=1S/C15H27N3/c1-6-12(3)11-18(7-2)15-13(4)8-14(9-16-5)10-17-15/h8,10,12,16H,6-7,9,11H2,1-5H3. The fraction of sp³-hybridized carbons (Fsp3) is 0.667. The first-order chi connectivity index (χ1) is 8.62. The Bertz CT molecular complexity index is 363. The van der Waals surface area contributed by atoms with E-state index >= 15 is 0 Å². The molecule has 0 radical (unpaired) electrons. The van der Waals surface area contributed by atoms with Gasteiger partial charge in [0.25, 0.3) is 0 Å². The Morgan fingerprint density at radius 2 is 2.11 bits per heavy atom. The first kappa shape index (κ1) is 15.0. The SMILES string of the molecule is CCC(C)CN(CC)c1ncc(CNC)cc1C. The zero-order chi connectivity index (χ0) is 13.5. The van der Waals surface area contributed by atoms with E-state index in [1.165, 1.54) is 17.5 Å². The van der Waals surface area contributed by atoms with Crippen LogP contribution in [0.25, 0.3) is 0 Å². The van der Waals surface area contributed by atoms with Crippen LogP contribution >= 0.6 is 0 Å². The minimum Gasteiger partial charge on any atom is -0.356 e. The lowest BCUT2D eigenvalue weighted by molar-refractivity contribution is 0.545. The molecule has 1 N–H and O–H groups in total. The van der Waals surface area contributed by atoms with Crippen LogP contribution in [0.3, 0.4) is 0 Å². The van der Waals surface area contributed by atoms with Crippen LogP contribution in [0.5, 0.6) is 0 Å². The Kier molecular flexibility index (Phi) is 6.13. The molecule has 1 heterocycles. The van der Waals surface area contributed by atoms with Crippen molar-refractivity contribution in [2.75, 3.05) is 25.0 Å². The number of aromatic nitrogens is 1. The van der Waals surface area contributed by atoms with Crippen LogP contribution in [0.1, 0.15) is 38.3 Å². The van der Waals surface area contributed by atoms with E-state index in [1.54, 1.807) is 0 Å². The smallest absolute Gasteiger partial charge is 0.131 e. The van der Waals surface area contributed by atoms with Crippen LogP contribution in [0.2, 0.25) is 0 Å². The largest absolute Gasteiger partial charge is 0.356 e. The third-order valence-electron chi connectivity index (χ3n) is 3.40. The molecule has 18 heavy (non-hydrogen) atoms. The van der Waals surface area contributed by atoms with Crippen molar-refractivity contribution in [1.29, 1.82) is 0 Å². The van der Waals surface area contributed by atoms with Crippen LogP contribution in [-0.4, -0.2) is 25.1 Å². The lowest BCUT2D eigenvalue weighted by atomic mass is 10.1. The van der Waals surface area contributed by atoms with Gasteiger partial charge in [-0.1, -0.05) is 20.3 Å². The van der Waals surface area contributed by atoms with Gasteiger partial charge >= 0.3 is 0 Å². The molecule has 0 aromatic carbocycles. The molecule has 0 saturated heterocycles. The highest BCUT2D eigenvalue weighted by Gasteiger charge is 2.12. The van der Waals surface area contributed by atoms with E-state index in [1.807, 2.05) is 13.2 Å². The van der Waals surface area contributed by atoms with Crippen molar-refractivity contribution >= 4 is 5.82 Å². The topological polar surface area (TPSA) is 28.2 Å². The average Bonchev–Trinajstić information content (AvgIpc) is 2.37. The molecule has 1 unspecified atom stereocenters. The molecule has 1 atom stereocenters. The van der Waals surface area contributed by atoms with Gasteiger partial charge < -0.3 is 10.2 Å². The van der Waals surface area contributed by atoms with Crippen molar-refractivity contribution < 1.29 is 0 Å². The monoisotopic (exact) mass is 249 g/mol. The molecule has 3 heteroatoms. The highest BCUT2D eigenvalue weighted by Crippen LogP contribution is 2.19. The van der Waals surface area contributed by atoms with Crippen LogP contribution in [0.4, 0.5) is 5.82 Å². The Morgan fingerprint density at radius 1 is 1.39 bits per heavy atom. The van der Waals surface area contributed by atoms with Crippen LogP contribution in [0.15, 0.2) is 12.3 Å². The number of aryl methyl sites for hydroxylation is 1. The van der Waals surface area contributed by atoms with E-state index in [2.05, 4.69) is 49.0 Å². The Balaban J connectivity index is 2.85. The molecule has 102 valence electrons. The van der Waals surface area contributed by atoms with Gasteiger partial charge in [-0.05, 0) is 44.0 Å². The number of hydrogen-bond donors (Lipinski definition) is 1. The van der Waals surface area contributed by atoms with Crippen LogP contribution in [0, 0.1) is 12.8 Å². The van der Waals surface area contributed by atoms with Crippen molar-refractivity contribution in [3.05, 3.63) is 23.4 Å². The van der Waals surface area contributed by atoms with Gasteiger partial charge in [0.2, 0.25) is 0 Å². The summed E-state index contributed by atoms with van der Waals surface area (Å²) in [5.41, 5.74) is 2.52. The van der Waals surface area contributed by atoms with Crippen molar-refractivity contribution in [1.82, 2.24) is 10.3 Å². The Labute approximate surface area is 112 Å². The van der Waals surface area contributed by atoms with Crippen molar-refractivity contribution in [3.8, 4) is 0 Å². The maximum atomic E-state index is 4.64. The van der Waals surface area contributed by atoms with Gasteiger partial charge in [-0.3, -0.25) is 0 Å². The number of rotatable bonds is 7. The van der Waals surface area contributed by atoms with Crippen LogP contribution < -0.4 is 10.2 Å². The Morgan fingerprint density at radius 3 is 2.61 bits per heavy atom. The molecule has 0 bridgehead atoms. The predicted molar refractivity (Wildman–Crippen MR) is 79.1 cm³/mol. The number of anilines is 1. The molecular formula is C15H27N3. The second-order valence-corrected chi connectivity index (χ2v) is 5.07. The number of hydrogen-bond acceptors (Lipinski definition) is 3. The van der Waals surface area contributed by atoms with Gasteiger partial charge in [0.1, 0.15) is 5.82 Å². The minimum atomic E-state index is 0.711. The highest BCUT2D eigenvalue weighted by atomic mass is 15.2. The zero-order valence-electron chi connectivity index (χ0n) is 12.5. The summed E-state index contributed by atoms with van der Waals surface area (Å²) in [6.45, 7) is 11.9. The first-order valence-corrected chi connectivity index (χ1v) is 6.97. The molecule has 1 rings (SSSR count). The quantitative estimate of drug-likeness (QED) is 0.805. The van der Waals surface area contributed by atoms with Gasteiger partial charge in [-0.2, -0.15) is 0 Å². The zero-order valence-corrected chi connectivity index (χ0v) is 12.5. The third kappa shape index (κ3) is 3.98. The lowest BCUT2D eigenvalue weighted by Crippen LogP contribution is -2.29. The molecule has 0 aliphatic rings. The van der Waals surface area contributed by atoms with Crippen LogP contribution in [-0.2, 0) is 6.54 Å². The first-order valence-electron chi connectivity index (χ1n) is 6.97. The summed E-state index contributed by atoms with van der Waals surface area (Å²) in [5.74, 6) is 1.85. The molecule has 1 aromatic rings. The second kappa shape index (κ2) is 7.37. The summed E-state index contributed by atoms with van der Waals surface area (Å²) in [5, 5.41) is 3.16. The van der Waals surface area contributed by atoms with Crippen molar-refractivity contribution in [2.45, 2.75) is 40.7 Å². The molecular weight excluding hydrogens is 222 g/mol. The second-order valence-electron chi connectivity index (χ2n) is 5.07. The fourth-order valence-electron chi connectivity index (χ4n) is 2.13. The maximum Gasteiger partial charge on any atom is 0.131 e. The normalized spacial score (nSPS) is 12.5. The summed E-state index contributed by atoms with van der Waals surface area (Å²) in [6.07, 6.45) is 3.20. The summed E-state index contributed by atoms with van der Waals surface area (Å²) in [6, 6.07) is 2.23. The molecule has 0 aliphatic heterocycles. The molecule has 3 nitrogen and oxygen atoms in total. The average molecular weight is 249 g/mol. The van der Waals surface area contributed by atoms with E-state index in [4.69, 9.17) is 0 Å². The van der Waals surface area contributed by atoms with Gasteiger partial charge in [0, 0.05) is 25.8 Å². The molecule has 0 fully saturated rings. The van der Waals surface area contributed by atoms with E-state index in [-0.39, 0.29) is 0 Å². The van der Waals surface area contributed by atoms with E-state index < -0.39 is 0 Å². The van der Waals surface area contributed by atoms with E-state index in [0.717, 1.165) is 25.5 Å². The highest BCUT2D eigenvalue weighted by molar-refractivity contribution is 5.47. The van der Waals surface area contributed by atoms with Gasteiger partial charge in [0.05, 0.1) is 0 Å². The maximum absolute atomic E-state index is 4.64. The van der Waals surface area contributed by atoms with Crippen molar-refractivity contribution in [2.24, 2.45) is 5.92 Å². The molecule has 0 spiro atoms. The van der Waals surface area contributed by atoms with E-state index in [0.29, 0.717) is 5.92 Å². The molecule has 1 aromatic heterocycles. The molecule has 0 saturated carbocycles. The summed E-state index contributed by atoms with van der Waals surface area (Å²) < 4.78 is 0. The van der Waals surface area contributed by atoms with Gasteiger partial charge in [0.15, 0.2) is 0 Å².